The van der Waals surface area contributed by atoms with Crippen molar-refractivity contribution in [1.29, 1.82) is 0 Å². The molecule has 1 aromatic carbocycles. The first-order chi connectivity index (χ1) is 9.60. The van der Waals surface area contributed by atoms with Crippen molar-refractivity contribution >= 4 is 34.8 Å². The molecule has 6 heteroatoms. The Kier molecular flexibility index (Phi) is 6.24. The zero-order valence-electron chi connectivity index (χ0n) is 11.3. The van der Waals surface area contributed by atoms with Crippen molar-refractivity contribution in [2.75, 3.05) is 19.7 Å². The van der Waals surface area contributed by atoms with Gasteiger partial charge < -0.3 is 14.8 Å². The second-order valence-electron chi connectivity index (χ2n) is 4.77. The first-order valence-electron chi connectivity index (χ1n) is 6.73. The van der Waals surface area contributed by atoms with Crippen molar-refractivity contribution < 1.29 is 9.47 Å². The molecule has 0 amide bonds. The molecule has 20 heavy (non-hydrogen) atoms. The van der Waals surface area contributed by atoms with E-state index < -0.39 is 0 Å². The van der Waals surface area contributed by atoms with E-state index in [1.54, 1.807) is 12.1 Å². The van der Waals surface area contributed by atoms with Gasteiger partial charge in [-0.1, -0.05) is 41.7 Å². The lowest BCUT2D eigenvalue weighted by Gasteiger charge is -2.15. The molecule has 0 bridgehead atoms. The van der Waals surface area contributed by atoms with Crippen LogP contribution in [-0.2, 0) is 4.74 Å². The lowest BCUT2D eigenvalue weighted by molar-refractivity contribution is 0.0188. The maximum atomic E-state index is 6.07. The van der Waals surface area contributed by atoms with Crippen molar-refractivity contribution in [1.82, 2.24) is 5.32 Å². The number of benzene rings is 1. The summed E-state index contributed by atoms with van der Waals surface area (Å²) in [6, 6.07) is 3.22. The molecular weight excluding hydrogens is 321 g/mol. The molecular formula is C14H18Cl3NO2. The van der Waals surface area contributed by atoms with Gasteiger partial charge in [0.15, 0.2) is 0 Å². The number of halogens is 3. The number of nitrogens with one attached hydrogen (secondary N) is 1. The van der Waals surface area contributed by atoms with Crippen LogP contribution in [0.1, 0.15) is 19.8 Å². The van der Waals surface area contributed by atoms with E-state index in [0.29, 0.717) is 27.4 Å². The van der Waals surface area contributed by atoms with E-state index in [9.17, 15) is 0 Å². The summed E-state index contributed by atoms with van der Waals surface area (Å²) in [5.41, 5.74) is 0. The maximum absolute atomic E-state index is 6.07. The van der Waals surface area contributed by atoms with Crippen molar-refractivity contribution in [2.24, 2.45) is 0 Å². The molecule has 2 rings (SSSR count). The van der Waals surface area contributed by atoms with Crippen molar-refractivity contribution in [2.45, 2.75) is 32.0 Å². The van der Waals surface area contributed by atoms with Crippen LogP contribution in [0.5, 0.6) is 5.75 Å². The van der Waals surface area contributed by atoms with E-state index >= 15 is 0 Å². The predicted molar refractivity (Wildman–Crippen MR) is 83.4 cm³/mol. The molecule has 2 unspecified atom stereocenters. The summed E-state index contributed by atoms with van der Waals surface area (Å²) in [7, 11) is 0. The van der Waals surface area contributed by atoms with Gasteiger partial charge in [-0.15, -0.1) is 0 Å². The fourth-order valence-corrected chi connectivity index (χ4v) is 2.75. The minimum absolute atomic E-state index is 0.101. The molecule has 0 saturated carbocycles. The fourth-order valence-electron chi connectivity index (χ4n) is 2.16. The molecule has 0 aromatic heterocycles. The lowest BCUT2D eigenvalue weighted by Crippen LogP contribution is -2.28. The molecule has 1 aliphatic heterocycles. The van der Waals surface area contributed by atoms with Crippen LogP contribution in [0, 0.1) is 0 Å². The summed E-state index contributed by atoms with van der Waals surface area (Å²) in [6.07, 6.45) is 2.42. The van der Waals surface area contributed by atoms with Crippen LogP contribution in [0.3, 0.4) is 0 Å². The van der Waals surface area contributed by atoms with E-state index in [1.165, 1.54) is 0 Å². The first-order valence-corrected chi connectivity index (χ1v) is 7.87. The Morgan fingerprint density at radius 3 is 2.60 bits per heavy atom. The van der Waals surface area contributed by atoms with Crippen LogP contribution >= 0.6 is 34.8 Å². The van der Waals surface area contributed by atoms with Gasteiger partial charge >= 0.3 is 0 Å². The lowest BCUT2D eigenvalue weighted by atomic mass is 10.2. The zero-order valence-corrected chi connectivity index (χ0v) is 13.6. The third kappa shape index (κ3) is 4.40. The summed E-state index contributed by atoms with van der Waals surface area (Å²) >= 11 is 17.9. The van der Waals surface area contributed by atoms with Gasteiger partial charge in [-0.2, -0.15) is 0 Å². The Bertz CT molecular complexity index is 456. The van der Waals surface area contributed by atoms with E-state index in [0.717, 1.165) is 25.9 Å². The number of hydrogen-bond acceptors (Lipinski definition) is 3. The quantitative estimate of drug-likeness (QED) is 0.789. The van der Waals surface area contributed by atoms with Crippen LogP contribution < -0.4 is 10.1 Å². The minimum Gasteiger partial charge on any atom is -0.489 e. The van der Waals surface area contributed by atoms with Crippen LogP contribution in [0.2, 0.25) is 15.1 Å². The third-order valence-electron chi connectivity index (χ3n) is 3.22. The van der Waals surface area contributed by atoms with Gasteiger partial charge in [-0.25, -0.2) is 0 Å². The van der Waals surface area contributed by atoms with Crippen molar-refractivity contribution in [3.8, 4) is 5.75 Å². The molecule has 1 heterocycles. The van der Waals surface area contributed by atoms with Gasteiger partial charge in [0.2, 0.25) is 0 Å². The second kappa shape index (κ2) is 7.71. The van der Waals surface area contributed by atoms with Crippen LogP contribution in [0.15, 0.2) is 12.1 Å². The summed E-state index contributed by atoms with van der Waals surface area (Å²) in [4.78, 5) is 0. The smallest absolute Gasteiger partial charge is 0.139 e. The van der Waals surface area contributed by atoms with Gasteiger partial charge in [0.05, 0.1) is 27.3 Å². The molecule has 1 fully saturated rings. The molecule has 1 N–H and O–H groups in total. The molecule has 0 spiro atoms. The Balaban J connectivity index is 1.83. The van der Waals surface area contributed by atoms with Crippen LogP contribution in [-0.4, -0.2) is 31.9 Å². The number of ether oxygens (including phenoxy) is 2. The number of rotatable bonds is 6. The summed E-state index contributed by atoms with van der Waals surface area (Å²) in [5, 5.41) is 4.60. The van der Waals surface area contributed by atoms with E-state index in [2.05, 4.69) is 12.2 Å². The van der Waals surface area contributed by atoms with Gasteiger partial charge in [-0.05, 0) is 25.5 Å². The Labute approximate surface area is 134 Å². The van der Waals surface area contributed by atoms with E-state index in [4.69, 9.17) is 44.3 Å². The molecule has 1 aromatic rings. The third-order valence-corrected chi connectivity index (χ3v) is 4.23. The highest BCUT2D eigenvalue weighted by Gasteiger charge is 2.25. The standard InChI is InChI=1S/C14H18Cl3NO2/c1-2-18-7-9-3-4-10(20-9)8-19-14-6-12(16)11(15)5-13(14)17/h5-6,9-10,18H,2-4,7-8H2,1H3. The monoisotopic (exact) mass is 337 g/mol. The van der Waals surface area contributed by atoms with Gasteiger partial charge in [-0.3, -0.25) is 0 Å². The minimum atomic E-state index is 0.101. The molecule has 1 saturated heterocycles. The summed E-state index contributed by atoms with van der Waals surface area (Å²) < 4.78 is 11.6. The highest BCUT2D eigenvalue weighted by Crippen LogP contribution is 2.34. The normalized spacial score (nSPS) is 22.2. The largest absolute Gasteiger partial charge is 0.489 e. The average Bonchev–Trinajstić information content (AvgIpc) is 2.87. The zero-order chi connectivity index (χ0) is 14.5. The van der Waals surface area contributed by atoms with Gasteiger partial charge in [0, 0.05) is 12.6 Å². The maximum Gasteiger partial charge on any atom is 0.139 e. The summed E-state index contributed by atoms with van der Waals surface area (Å²) in [5.74, 6) is 0.541. The number of likely N-dealkylation sites (N-methyl/N-ethyl adjacent to an activating group) is 1. The first kappa shape index (κ1) is 16.2. The van der Waals surface area contributed by atoms with Crippen LogP contribution in [0.4, 0.5) is 0 Å². The Morgan fingerprint density at radius 2 is 1.85 bits per heavy atom. The highest BCUT2D eigenvalue weighted by molar-refractivity contribution is 6.43. The molecule has 112 valence electrons. The van der Waals surface area contributed by atoms with Crippen molar-refractivity contribution in [3.63, 3.8) is 0 Å². The fraction of sp³-hybridized carbons (Fsp3) is 0.571. The SMILES string of the molecule is CCNCC1CCC(COc2cc(Cl)c(Cl)cc2Cl)O1. The molecule has 2 atom stereocenters. The van der Waals surface area contributed by atoms with Gasteiger partial charge in [0.1, 0.15) is 12.4 Å². The molecule has 3 nitrogen and oxygen atoms in total. The number of hydrogen-bond donors (Lipinski definition) is 1. The highest BCUT2D eigenvalue weighted by atomic mass is 35.5. The Morgan fingerprint density at radius 1 is 1.15 bits per heavy atom. The van der Waals surface area contributed by atoms with E-state index in [-0.39, 0.29) is 12.2 Å². The molecule has 0 radical (unpaired) electrons. The van der Waals surface area contributed by atoms with E-state index in [1.807, 2.05) is 0 Å². The van der Waals surface area contributed by atoms with Crippen molar-refractivity contribution in [3.05, 3.63) is 27.2 Å². The molecule has 0 aliphatic carbocycles. The van der Waals surface area contributed by atoms with Gasteiger partial charge in [0.25, 0.3) is 0 Å². The summed E-state index contributed by atoms with van der Waals surface area (Å²) in [6.45, 7) is 4.41. The predicted octanol–water partition coefficient (Wildman–Crippen LogP) is 4.18. The molecule has 1 aliphatic rings. The second-order valence-corrected chi connectivity index (χ2v) is 5.99. The average molecular weight is 339 g/mol. The Hall–Kier alpha value is -0.190. The van der Waals surface area contributed by atoms with Crippen LogP contribution in [0.25, 0.3) is 0 Å². The topological polar surface area (TPSA) is 30.5 Å².